The van der Waals surface area contributed by atoms with Crippen LogP contribution in [0.15, 0.2) is 6.20 Å². The van der Waals surface area contributed by atoms with Crippen molar-refractivity contribution >= 4 is 41.5 Å². The monoisotopic (exact) mass is 213 g/mol. The van der Waals surface area contributed by atoms with Crippen molar-refractivity contribution in [3.05, 3.63) is 6.20 Å². The smallest absolute Gasteiger partial charge is 0.230 e. The minimum atomic E-state index is 0.730. The van der Waals surface area contributed by atoms with Crippen LogP contribution in [0.2, 0.25) is 11.6 Å². The van der Waals surface area contributed by atoms with Gasteiger partial charge in [0, 0.05) is 11.8 Å². The van der Waals surface area contributed by atoms with E-state index in [1.807, 2.05) is 4.59 Å². The van der Waals surface area contributed by atoms with Crippen LogP contribution in [0, 0.1) is 0 Å². The molecule has 0 bridgehead atoms. The fraction of sp³-hybridized carbons (Fsp3) is 0.750. The van der Waals surface area contributed by atoms with E-state index in [1.54, 1.807) is 0 Å². The van der Waals surface area contributed by atoms with E-state index in [0.717, 1.165) is 31.7 Å². The van der Waals surface area contributed by atoms with Crippen LogP contribution in [0.3, 0.4) is 0 Å². The van der Waals surface area contributed by atoms with Gasteiger partial charge in [0.2, 0.25) is 7.31 Å². The van der Waals surface area contributed by atoms with Crippen LogP contribution in [0.4, 0.5) is 0 Å². The molecule has 0 spiro atoms. The first-order chi connectivity index (χ1) is 7.58. The summed E-state index contributed by atoms with van der Waals surface area (Å²) in [5.41, 5.74) is 1.14. The lowest BCUT2D eigenvalue weighted by atomic mass is 9.16. The highest BCUT2D eigenvalue weighted by Gasteiger charge is 2.07. The fourth-order valence-electron chi connectivity index (χ4n) is 1.64. The molecule has 8 heteroatoms. The Labute approximate surface area is 102 Å². The summed E-state index contributed by atoms with van der Waals surface area (Å²) in [5.74, 6) is 1.52. The maximum Gasteiger partial charge on any atom is 0.230 e. The molecule has 0 N–H and O–H groups in total. The molecule has 0 unspecified atom stereocenters. The minimum absolute atomic E-state index is 0.730. The van der Waals surface area contributed by atoms with Crippen molar-refractivity contribution in [3.8, 4) is 0 Å². The van der Waals surface area contributed by atoms with Gasteiger partial charge in [-0.05, 0) is 0 Å². The molecule has 1 aromatic rings. The summed E-state index contributed by atoms with van der Waals surface area (Å²) in [7, 11) is 5.74. The normalized spacial score (nSPS) is 10.4. The van der Waals surface area contributed by atoms with Crippen molar-refractivity contribution in [3.63, 3.8) is 0 Å². The highest BCUT2D eigenvalue weighted by Crippen LogP contribution is 1.94. The van der Waals surface area contributed by atoms with Gasteiger partial charge < -0.3 is 4.59 Å². The number of rotatable bonds is 7. The van der Waals surface area contributed by atoms with Crippen molar-refractivity contribution in [2.75, 3.05) is 0 Å². The van der Waals surface area contributed by atoms with Crippen LogP contribution in [0.5, 0.6) is 0 Å². The Bertz CT molecular complexity index is 302. The molecular formula is C8H20B5N3. The van der Waals surface area contributed by atoms with Crippen LogP contribution >= 0.6 is 0 Å². The quantitative estimate of drug-likeness (QED) is 0.502. The molecule has 0 aliphatic rings. The van der Waals surface area contributed by atoms with E-state index in [1.165, 1.54) is 21.4 Å². The zero-order valence-corrected chi connectivity index (χ0v) is 11.1. The van der Waals surface area contributed by atoms with Crippen LogP contribution in [0.25, 0.3) is 0 Å². The first kappa shape index (κ1) is 13.5. The van der Waals surface area contributed by atoms with Crippen LogP contribution < -0.4 is 5.59 Å². The predicted octanol–water partition coefficient (Wildman–Crippen LogP) is -1.75. The first-order valence-corrected chi connectivity index (χ1v) is 6.47. The molecule has 82 valence electrons. The molecule has 0 radical (unpaired) electrons. The first-order valence-electron chi connectivity index (χ1n) is 6.47. The van der Waals surface area contributed by atoms with E-state index < -0.39 is 0 Å². The van der Waals surface area contributed by atoms with E-state index >= 15 is 0 Å². The van der Waals surface area contributed by atoms with Crippen molar-refractivity contribution in [1.29, 1.82) is 0 Å². The lowest BCUT2D eigenvalue weighted by Crippen LogP contribution is -2.27. The van der Waals surface area contributed by atoms with Gasteiger partial charge in [-0.2, -0.15) is 0 Å². The second-order valence-corrected chi connectivity index (χ2v) is 5.44. The van der Waals surface area contributed by atoms with Gasteiger partial charge in [-0.25, -0.2) is 0 Å². The van der Waals surface area contributed by atoms with Crippen molar-refractivity contribution in [2.45, 2.75) is 39.3 Å². The van der Waals surface area contributed by atoms with Gasteiger partial charge in [0.25, 0.3) is 0 Å². The van der Waals surface area contributed by atoms with E-state index in [0.29, 0.717) is 0 Å². The summed E-state index contributed by atoms with van der Waals surface area (Å²) in [4.78, 5) is 0. The Morgan fingerprint density at radius 3 is 2.44 bits per heavy atom. The number of aromatic nitrogens is 3. The van der Waals surface area contributed by atoms with Gasteiger partial charge >= 0.3 is 0 Å². The molecular weight excluding hydrogens is 192 g/mol. The summed E-state index contributed by atoms with van der Waals surface area (Å²) in [5, 5.41) is 8.36. The molecule has 1 rings (SSSR count). The largest absolute Gasteiger partial charge is 0.312 e. The molecule has 0 atom stereocenters. The minimum Gasteiger partial charge on any atom is -0.312 e. The zero-order chi connectivity index (χ0) is 12.0. The third-order valence-corrected chi connectivity index (χ3v) is 2.74. The molecule has 1 aromatic heterocycles. The molecule has 0 aliphatic carbocycles. The zero-order valence-electron chi connectivity index (χ0n) is 11.1. The predicted molar refractivity (Wildman–Crippen MR) is 81.0 cm³/mol. The molecule has 16 heavy (non-hydrogen) atoms. The second kappa shape index (κ2) is 6.92. The van der Waals surface area contributed by atoms with Gasteiger partial charge in [0.15, 0.2) is 0 Å². The van der Waals surface area contributed by atoms with Gasteiger partial charge in [0.1, 0.15) is 14.3 Å². The highest BCUT2D eigenvalue weighted by atomic mass is 15.4. The van der Waals surface area contributed by atoms with E-state index in [2.05, 4.69) is 44.2 Å². The molecule has 0 fully saturated rings. The van der Waals surface area contributed by atoms with E-state index in [4.69, 9.17) is 0 Å². The topological polar surface area (TPSA) is 30.7 Å². The molecule has 0 aliphatic heterocycles. The molecule has 1 heterocycles. The lowest BCUT2D eigenvalue weighted by molar-refractivity contribution is 0.877. The maximum absolute atomic E-state index is 4.20. The molecule has 0 saturated carbocycles. The van der Waals surface area contributed by atoms with Crippen LogP contribution in [-0.2, 0) is 0 Å². The summed E-state index contributed by atoms with van der Waals surface area (Å²) in [6.07, 6.45) is 2.10. The lowest BCUT2D eigenvalue weighted by Gasteiger charge is -1.99. The van der Waals surface area contributed by atoms with E-state index in [9.17, 15) is 0 Å². The SMILES string of the molecule is CC(C)BBBc1cn(BBC(C)C)nn1. The summed E-state index contributed by atoms with van der Waals surface area (Å²) in [6, 6.07) is 0. The van der Waals surface area contributed by atoms with Gasteiger partial charge in [-0.1, -0.05) is 44.5 Å². The Kier molecular flexibility index (Phi) is 5.85. The van der Waals surface area contributed by atoms with Crippen LogP contribution in [-0.4, -0.2) is 50.8 Å². The van der Waals surface area contributed by atoms with Crippen molar-refractivity contribution in [2.24, 2.45) is 0 Å². The molecule has 0 saturated heterocycles. The highest BCUT2D eigenvalue weighted by molar-refractivity contribution is 7.32. The average molecular weight is 212 g/mol. The Morgan fingerprint density at radius 2 is 1.81 bits per heavy atom. The Hall–Kier alpha value is -0.535. The standard InChI is InChI=1S/C8H20B5N3/c1-6(2)9-12-11-8-5-16(15-14-8)13-10-7(3)4/h5-7,9-13H,1-4H3. The Morgan fingerprint density at radius 1 is 1.12 bits per heavy atom. The summed E-state index contributed by atoms with van der Waals surface area (Å²) in [6.45, 7) is 9.00. The van der Waals surface area contributed by atoms with Crippen LogP contribution in [0.1, 0.15) is 27.7 Å². The summed E-state index contributed by atoms with van der Waals surface area (Å²) < 4.78 is 1.98. The van der Waals surface area contributed by atoms with E-state index in [-0.39, 0.29) is 0 Å². The van der Waals surface area contributed by atoms with Gasteiger partial charge in [-0.3, -0.25) is 0 Å². The van der Waals surface area contributed by atoms with Gasteiger partial charge in [-0.15, -0.1) is 5.10 Å². The molecule has 0 aromatic carbocycles. The maximum atomic E-state index is 4.20. The number of hydrogen-bond acceptors (Lipinski definition) is 2. The van der Waals surface area contributed by atoms with Gasteiger partial charge in [0.05, 0.1) is 14.2 Å². The van der Waals surface area contributed by atoms with Crippen molar-refractivity contribution < 1.29 is 0 Å². The second-order valence-electron chi connectivity index (χ2n) is 5.44. The molecule has 3 nitrogen and oxygen atoms in total. The summed E-state index contributed by atoms with van der Waals surface area (Å²) >= 11 is 0. The third kappa shape index (κ3) is 5.52. The molecule has 0 amide bonds. The third-order valence-electron chi connectivity index (χ3n) is 2.74. The Balaban J connectivity index is 2.28. The fourth-order valence-corrected chi connectivity index (χ4v) is 1.64. The average Bonchev–Trinajstić information content (AvgIpc) is 2.62. The number of nitrogens with zero attached hydrogens (tertiary/aromatic N) is 3. The number of hydrogen-bond donors (Lipinski definition) is 0. The van der Waals surface area contributed by atoms with Crippen molar-refractivity contribution in [1.82, 2.24) is 14.9 Å².